The van der Waals surface area contributed by atoms with Gasteiger partial charge in [0.25, 0.3) is 0 Å². The largest absolute Gasteiger partial charge is 0.788 e. The topological polar surface area (TPSA) is 61.1 Å². The third-order valence-corrected chi connectivity index (χ3v) is 1.50. The minimum Gasteiger partial charge on any atom is -0.788 e. The lowest BCUT2D eigenvalue weighted by atomic mass is 10.1. The Morgan fingerprint density at radius 2 is 2.09 bits per heavy atom. The van der Waals surface area contributed by atoms with Crippen molar-refractivity contribution in [1.29, 1.82) is 0 Å². The Bertz CT molecular complexity index is 225. The van der Waals surface area contributed by atoms with Crippen LogP contribution in [0.5, 0.6) is 0 Å². The summed E-state index contributed by atoms with van der Waals surface area (Å²) in [6, 6.07) is 7.65. The molecule has 60 valence electrons. The van der Waals surface area contributed by atoms with Crippen molar-refractivity contribution in [2.45, 2.75) is 13.1 Å². The molecule has 0 heterocycles. The molecule has 0 unspecified atom stereocenters. The molecule has 0 saturated heterocycles. The fourth-order valence-corrected chi connectivity index (χ4v) is 0.950. The predicted molar refractivity (Wildman–Crippen MR) is 44.5 cm³/mol. The van der Waals surface area contributed by atoms with E-state index in [4.69, 9.17) is 5.73 Å². The average Bonchev–Trinajstić information content (AvgIpc) is 2.06. The summed E-state index contributed by atoms with van der Waals surface area (Å²) in [6.45, 7) is 0.876. The number of rotatable bonds is 3. The molecule has 0 atom stereocenters. The normalized spacial score (nSPS) is 10.0. The molecule has 0 fully saturated rings. The molecule has 0 amide bonds. The van der Waals surface area contributed by atoms with E-state index in [0.29, 0.717) is 13.1 Å². The summed E-state index contributed by atoms with van der Waals surface area (Å²) in [5, 5.41) is 10.0. The van der Waals surface area contributed by atoms with Crippen molar-refractivity contribution in [3.8, 4) is 0 Å². The summed E-state index contributed by atoms with van der Waals surface area (Å²) < 4.78 is 0. The summed E-state index contributed by atoms with van der Waals surface area (Å²) in [4.78, 5) is 0. The van der Waals surface area contributed by atoms with Gasteiger partial charge in [-0.2, -0.15) is 0 Å². The van der Waals surface area contributed by atoms with Crippen molar-refractivity contribution in [2.24, 2.45) is 5.73 Å². The summed E-state index contributed by atoms with van der Waals surface area (Å²) in [7, 11) is 0. The third-order valence-electron chi connectivity index (χ3n) is 1.50. The summed E-state index contributed by atoms with van der Waals surface area (Å²) in [6.07, 6.45) is 0. The maximum atomic E-state index is 10.0. The molecule has 0 bridgehead atoms. The SMILES string of the molecule is NCc1cccc(CN[O-])c1. The maximum Gasteiger partial charge on any atom is 0.0178 e. The van der Waals surface area contributed by atoms with Crippen LogP contribution in [0, 0.1) is 5.21 Å². The lowest BCUT2D eigenvalue weighted by Gasteiger charge is -2.07. The first kappa shape index (κ1) is 8.20. The number of hydrogen-bond donors (Lipinski definition) is 2. The number of hydroxylamine groups is 1. The van der Waals surface area contributed by atoms with E-state index >= 15 is 0 Å². The van der Waals surface area contributed by atoms with Crippen LogP contribution in [0.3, 0.4) is 0 Å². The molecule has 0 aliphatic rings. The van der Waals surface area contributed by atoms with Crippen LogP contribution in [-0.4, -0.2) is 0 Å². The monoisotopic (exact) mass is 151 g/mol. The first-order chi connectivity index (χ1) is 5.36. The molecule has 11 heavy (non-hydrogen) atoms. The van der Waals surface area contributed by atoms with E-state index < -0.39 is 0 Å². The van der Waals surface area contributed by atoms with E-state index in [2.05, 4.69) is 0 Å². The molecule has 3 nitrogen and oxygen atoms in total. The Morgan fingerprint density at radius 3 is 2.73 bits per heavy atom. The highest BCUT2D eigenvalue weighted by molar-refractivity contribution is 5.23. The van der Waals surface area contributed by atoms with Crippen LogP contribution < -0.4 is 11.2 Å². The van der Waals surface area contributed by atoms with Crippen molar-refractivity contribution in [2.75, 3.05) is 0 Å². The highest BCUT2D eigenvalue weighted by Gasteiger charge is 1.90. The molecule has 0 aliphatic carbocycles. The van der Waals surface area contributed by atoms with Crippen LogP contribution in [-0.2, 0) is 13.1 Å². The van der Waals surface area contributed by atoms with E-state index in [1.165, 1.54) is 0 Å². The number of benzene rings is 1. The van der Waals surface area contributed by atoms with Gasteiger partial charge in [-0.1, -0.05) is 24.3 Å². The van der Waals surface area contributed by atoms with Crippen molar-refractivity contribution in [3.05, 3.63) is 40.6 Å². The molecule has 0 saturated carbocycles. The van der Waals surface area contributed by atoms with Crippen molar-refractivity contribution >= 4 is 0 Å². The summed E-state index contributed by atoms with van der Waals surface area (Å²) in [5.41, 5.74) is 9.29. The van der Waals surface area contributed by atoms with Crippen LogP contribution >= 0.6 is 0 Å². The highest BCUT2D eigenvalue weighted by Crippen LogP contribution is 2.03. The van der Waals surface area contributed by atoms with Gasteiger partial charge in [-0.25, -0.2) is 0 Å². The van der Waals surface area contributed by atoms with Gasteiger partial charge in [0.2, 0.25) is 0 Å². The second-order valence-corrected chi connectivity index (χ2v) is 2.35. The van der Waals surface area contributed by atoms with Gasteiger partial charge in [0.1, 0.15) is 0 Å². The molecular weight excluding hydrogens is 140 g/mol. The second kappa shape index (κ2) is 4.08. The molecule has 0 radical (unpaired) electrons. The summed E-state index contributed by atoms with van der Waals surface area (Å²) >= 11 is 0. The predicted octanol–water partition coefficient (Wildman–Crippen LogP) is 0.733. The standard InChI is InChI=1S/C8H11N2O/c9-5-7-2-1-3-8(4-7)6-10-11/h1-4,10H,5-6,9H2/q-1. The third kappa shape index (κ3) is 2.31. The van der Waals surface area contributed by atoms with Crippen molar-refractivity contribution in [3.63, 3.8) is 0 Å². The fraction of sp³-hybridized carbons (Fsp3) is 0.250. The number of hydrogen-bond acceptors (Lipinski definition) is 3. The first-order valence-corrected chi connectivity index (χ1v) is 3.49. The van der Waals surface area contributed by atoms with E-state index in [1.54, 1.807) is 0 Å². The Kier molecular flexibility index (Phi) is 3.04. The van der Waals surface area contributed by atoms with Gasteiger partial charge in [0.05, 0.1) is 0 Å². The molecule has 0 aliphatic heterocycles. The Labute approximate surface area is 65.8 Å². The van der Waals surface area contributed by atoms with Gasteiger partial charge in [-0.3, -0.25) is 0 Å². The van der Waals surface area contributed by atoms with Crippen LogP contribution in [0.1, 0.15) is 11.1 Å². The smallest absolute Gasteiger partial charge is 0.0178 e. The molecule has 3 heteroatoms. The minimum absolute atomic E-state index is 0.355. The molecule has 3 N–H and O–H groups in total. The highest BCUT2D eigenvalue weighted by atomic mass is 16.5. The van der Waals surface area contributed by atoms with Crippen LogP contribution in [0.15, 0.2) is 24.3 Å². The quantitative estimate of drug-likeness (QED) is 0.626. The maximum absolute atomic E-state index is 10.0. The molecule has 0 aromatic heterocycles. The Morgan fingerprint density at radius 1 is 1.36 bits per heavy atom. The van der Waals surface area contributed by atoms with Gasteiger partial charge < -0.3 is 16.4 Å². The second-order valence-electron chi connectivity index (χ2n) is 2.35. The Balaban J connectivity index is 2.74. The summed E-state index contributed by atoms with van der Waals surface area (Å²) in [5.74, 6) is 0. The van der Waals surface area contributed by atoms with Gasteiger partial charge in [0.15, 0.2) is 0 Å². The van der Waals surface area contributed by atoms with Crippen LogP contribution in [0.25, 0.3) is 0 Å². The van der Waals surface area contributed by atoms with Gasteiger partial charge in [-0.15, -0.1) is 0 Å². The average molecular weight is 151 g/mol. The molecule has 1 rings (SSSR count). The Hall–Kier alpha value is -0.900. The molecular formula is C8H11N2O-. The zero-order valence-electron chi connectivity index (χ0n) is 6.21. The molecule has 1 aromatic rings. The minimum atomic E-state index is 0.355. The molecule has 0 spiro atoms. The first-order valence-electron chi connectivity index (χ1n) is 3.49. The number of nitrogens with one attached hydrogen (secondary N) is 1. The number of nitrogens with two attached hydrogens (primary N) is 1. The van der Waals surface area contributed by atoms with E-state index in [-0.39, 0.29) is 0 Å². The van der Waals surface area contributed by atoms with Crippen molar-refractivity contribution in [1.82, 2.24) is 5.48 Å². The van der Waals surface area contributed by atoms with E-state index in [9.17, 15) is 5.21 Å². The van der Waals surface area contributed by atoms with E-state index in [0.717, 1.165) is 11.1 Å². The van der Waals surface area contributed by atoms with Crippen molar-refractivity contribution < 1.29 is 0 Å². The lowest BCUT2D eigenvalue weighted by molar-refractivity contribution is 0.871. The van der Waals surface area contributed by atoms with E-state index in [1.807, 2.05) is 29.7 Å². The fourth-order valence-electron chi connectivity index (χ4n) is 0.950. The van der Waals surface area contributed by atoms with Gasteiger partial charge in [0, 0.05) is 13.1 Å². The van der Waals surface area contributed by atoms with Gasteiger partial charge >= 0.3 is 0 Å². The molecule has 1 aromatic carbocycles. The zero-order valence-corrected chi connectivity index (χ0v) is 6.21. The lowest BCUT2D eigenvalue weighted by Crippen LogP contribution is -2.04. The van der Waals surface area contributed by atoms with Gasteiger partial charge in [-0.05, 0) is 11.1 Å². The van der Waals surface area contributed by atoms with Crippen LogP contribution in [0.2, 0.25) is 0 Å². The van der Waals surface area contributed by atoms with Crippen LogP contribution in [0.4, 0.5) is 0 Å². The zero-order chi connectivity index (χ0) is 8.10.